The highest BCUT2D eigenvalue weighted by molar-refractivity contribution is 7.93. The lowest BCUT2D eigenvalue weighted by molar-refractivity contribution is 0.0963. The van der Waals surface area contributed by atoms with E-state index in [-0.39, 0.29) is 55.7 Å². The Bertz CT molecular complexity index is 4070. The number of pyridine rings is 2. The van der Waals surface area contributed by atoms with Gasteiger partial charge in [-0.2, -0.15) is 0 Å². The van der Waals surface area contributed by atoms with E-state index in [0.29, 0.717) is 48.5 Å². The molecule has 0 radical (unpaired) electrons. The number of anilines is 2. The third-order valence-electron chi connectivity index (χ3n) is 12.4. The first-order valence-corrected chi connectivity index (χ1v) is 28.2. The minimum atomic E-state index is -3.96. The number of sulfonamides is 2. The molecule has 5 aromatic carbocycles. The monoisotopic (exact) mass is 1180 g/mol. The SMILES string of the molecule is CCCS(=O)(=O)N(C)c1ccc(F)c(C(=O)c2c[nH]c3ncc(-c4ccc(Cl)cc4)cc23)c1F.CCCS(=O)(=O)N(C)c1ccc(F)c(C(=O)c2cn(C(=O)c3c(Cl)cccc3Cl)c3ncc(-c4ccc(Cl)cc4)cc23)c1F. The van der Waals surface area contributed by atoms with Gasteiger partial charge in [-0.25, -0.2) is 44.4 Å². The first kappa shape index (κ1) is 57.1. The number of fused-ring (bicyclic) bond motifs is 2. The molecule has 0 bridgehead atoms. The molecule has 0 saturated carbocycles. The lowest BCUT2D eigenvalue weighted by Gasteiger charge is -2.20. The zero-order valence-corrected chi connectivity index (χ0v) is 46.0. The summed E-state index contributed by atoms with van der Waals surface area (Å²) in [6.07, 6.45) is 6.08. The third-order valence-corrected chi connectivity index (χ3v) is 17.5. The van der Waals surface area contributed by atoms with Crippen molar-refractivity contribution in [2.24, 2.45) is 0 Å². The van der Waals surface area contributed by atoms with Gasteiger partial charge >= 0.3 is 0 Å². The first-order chi connectivity index (χ1) is 37.0. The Balaban J connectivity index is 0.000000213. The zero-order valence-electron chi connectivity index (χ0n) is 41.4. The molecule has 78 heavy (non-hydrogen) atoms. The average molecular weight is 1180 g/mol. The molecule has 4 heterocycles. The molecule has 9 rings (SSSR count). The topological polar surface area (TPSA) is 172 Å². The molecule has 0 saturated heterocycles. The van der Waals surface area contributed by atoms with E-state index < -0.39 is 83.3 Å². The van der Waals surface area contributed by atoms with E-state index in [0.717, 1.165) is 51.9 Å². The summed E-state index contributed by atoms with van der Waals surface area (Å²) in [7, 11) is -5.50. The van der Waals surface area contributed by atoms with E-state index in [1.165, 1.54) is 31.6 Å². The van der Waals surface area contributed by atoms with Crippen LogP contribution in [0.1, 0.15) is 68.9 Å². The summed E-state index contributed by atoms with van der Waals surface area (Å²) in [4.78, 5) is 52.6. The van der Waals surface area contributed by atoms with Crippen LogP contribution in [0.2, 0.25) is 20.1 Å². The Labute approximate surface area is 465 Å². The Hall–Kier alpha value is -7.13. The number of benzene rings is 5. The highest BCUT2D eigenvalue weighted by Crippen LogP contribution is 2.36. The van der Waals surface area contributed by atoms with Crippen LogP contribution in [0, 0.1) is 23.3 Å². The molecule has 13 nitrogen and oxygen atoms in total. The van der Waals surface area contributed by atoms with Gasteiger partial charge in [0.2, 0.25) is 31.6 Å². The van der Waals surface area contributed by atoms with Gasteiger partial charge in [-0.1, -0.05) is 90.6 Å². The van der Waals surface area contributed by atoms with Gasteiger partial charge in [0.1, 0.15) is 22.9 Å². The number of rotatable bonds is 15. The fourth-order valence-electron chi connectivity index (χ4n) is 8.40. The maximum Gasteiger partial charge on any atom is 0.266 e. The van der Waals surface area contributed by atoms with Crippen LogP contribution in [0.15, 0.2) is 128 Å². The molecule has 0 amide bonds. The van der Waals surface area contributed by atoms with E-state index in [4.69, 9.17) is 46.4 Å². The quantitative estimate of drug-likeness (QED) is 0.0774. The van der Waals surface area contributed by atoms with Crippen LogP contribution >= 0.6 is 46.4 Å². The molecular weight excluding hydrogens is 1140 g/mol. The number of hydrogen-bond donors (Lipinski definition) is 1. The number of halogens is 8. The Morgan fingerprint density at radius 3 is 1.50 bits per heavy atom. The third kappa shape index (κ3) is 11.3. The average Bonchev–Trinajstić information content (AvgIpc) is 4.04. The summed E-state index contributed by atoms with van der Waals surface area (Å²) in [5, 5.41) is 1.59. The van der Waals surface area contributed by atoms with E-state index in [2.05, 4.69) is 15.0 Å². The lowest BCUT2D eigenvalue weighted by atomic mass is 10.00. The summed E-state index contributed by atoms with van der Waals surface area (Å²) in [6, 6.07) is 25.1. The number of carbonyl (C=O) groups is 3. The molecule has 9 aromatic rings. The Kier molecular flexibility index (Phi) is 16.9. The van der Waals surface area contributed by atoms with Gasteiger partial charge in [-0.3, -0.25) is 27.6 Å². The van der Waals surface area contributed by atoms with Gasteiger partial charge in [0.25, 0.3) is 5.91 Å². The van der Waals surface area contributed by atoms with Crippen LogP contribution < -0.4 is 8.61 Å². The maximum atomic E-state index is 15.9. The van der Waals surface area contributed by atoms with Crippen molar-refractivity contribution >= 4 is 117 Å². The molecule has 0 fully saturated rings. The lowest BCUT2D eigenvalue weighted by Crippen LogP contribution is -2.30. The summed E-state index contributed by atoms with van der Waals surface area (Å²) in [6.45, 7) is 3.31. The van der Waals surface area contributed by atoms with Crippen LogP contribution in [-0.2, 0) is 20.0 Å². The Morgan fingerprint density at radius 1 is 0.577 bits per heavy atom. The molecule has 0 aliphatic rings. The van der Waals surface area contributed by atoms with Gasteiger partial charge < -0.3 is 4.98 Å². The van der Waals surface area contributed by atoms with Gasteiger partial charge in [-0.15, -0.1) is 0 Å². The van der Waals surface area contributed by atoms with Gasteiger partial charge in [0, 0.05) is 76.4 Å². The molecule has 1 N–H and O–H groups in total. The fraction of sp³-hybridized carbons (Fsp3) is 0.145. The van der Waals surface area contributed by atoms with Crippen LogP contribution in [-0.4, -0.2) is 79.4 Å². The first-order valence-electron chi connectivity index (χ1n) is 23.5. The number of nitrogens with zero attached hydrogens (tertiary/aromatic N) is 5. The number of hydrogen-bond acceptors (Lipinski definition) is 9. The molecular formula is C55H42Cl4F4N6O7S2. The highest BCUT2D eigenvalue weighted by atomic mass is 35.5. The van der Waals surface area contributed by atoms with E-state index in [9.17, 15) is 35.6 Å². The van der Waals surface area contributed by atoms with Crippen molar-refractivity contribution in [1.82, 2.24) is 19.5 Å². The van der Waals surface area contributed by atoms with Crippen molar-refractivity contribution in [2.75, 3.05) is 34.2 Å². The Morgan fingerprint density at radius 2 is 1.03 bits per heavy atom. The fourth-order valence-corrected chi connectivity index (χ4v) is 11.7. The summed E-state index contributed by atoms with van der Waals surface area (Å²) >= 11 is 24.5. The largest absolute Gasteiger partial charge is 0.345 e. The predicted molar refractivity (Wildman–Crippen MR) is 297 cm³/mol. The normalized spacial score (nSPS) is 11.6. The second-order valence-corrected chi connectivity index (χ2v) is 23.4. The van der Waals surface area contributed by atoms with Crippen molar-refractivity contribution < 1.29 is 48.8 Å². The second-order valence-electron chi connectivity index (χ2n) is 17.5. The van der Waals surface area contributed by atoms with Crippen LogP contribution in [0.3, 0.4) is 0 Å². The molecule has 0 aliphatic heterocycles. The minimum absolute atomic E-state index is 0.00679. The van der Waals surface area contributed by atoms with Crippen molar-refractivity contribution in [3.05, 3.63) is 199 Å². The molecule has 0 unspecified atom stereocenters. The van der Waals surface area contributed by atoms with Gasteiger partial charge in [0.05, 0.1) is 55.2 Å². The van der Waals surface area contributed by atoms with Crippen molar-refractivity contribution in [3.63, 3.8) is 0 Å². The van der Waals surface area contributed by atoms with Crippen molar-refractivity contribution in [1.29, 1.82) is 0 Å². The van der Waals surface area contributed by atoms with E-state index >= 15 is 13.2 Å². The van der Waals surface area contributed by atoms with Crippen LogP contribution in [0.5, 0.6) is 0 Å². The number of aromatic nitrogens is 4. The van der Waals surface area contributed by atoms with Crippen LogP contribution in [0.25, 0.3) is 44.3 Å². The standard InChI is InChI=1S/C31H22Cl3F2N3O4S.C24H20ClF2N3O3S/c1-3-13-44(42,43)38(2)25-12-11-24(35)27(28(25)36)29(40)21-16-39(31(41)26-22(33)5-4-6-23(26)34)30-20(21)14-18(15-37-30)17-7-9-19(32)10-8-17;1-3-10-34(32,33)30(2)20-9-8-19(26)21(22(20)27)23(31)18-13-29-24-17(18)11-15(12-28-24)14-4-6-16(25)7-5-14/h4-12,14-16H,3,13H2,1-2H3;4-9,11-13H,3,10H2,1-2H3,(H,28,29). The molecule has 4 aromatic heterocycles. The van der Waals surface area contributed by atoms with Gasteiger partial charge in [0.15, 0.2) is 11.6 Å². The predicted octanol–water partition coefficient (Wildman–Crippen LogP) is 13.6. The van der Waals surface area contributed by atoms with Gasteiger partial charge in [-0.05, 0) is 96.8 Å². The van der Waals surface area contributed by atoms with E-state index in [1.54, 1.807) is 86.8 Å². The smallest absolute Gasteiger partial charge is 0.266 e. The van der Waals surface area contributed by atoms with Crippen molar-refractivity contribution in [3.8, 4) is 22.3 Å². The number of aromatic amines is 1. The second kappa shape index (κ2) is 23.1. The highest BCUT2D eigenvalue weighted by Gasteiger charge is 2.32. The summed E-state index contributed by atoms with van der Waals surface area (Å²) in [5.74, 6) is -8.25. The molecule has 0 spiro atoms. The summed E-state index contributed by atoms with van der Waals surface area (Å²) in [5.41, 5.74) is -0.0795. The molecule has 0 atom stereocenters. The maximum absolute atomic E-state index is 15.9. The molecule has 402 valence electrons. The molecule has 23 heteroatoms. The summed E-state index contributed by atoms with van der Waals surface area (Å²) < 4.78 is 114. The zero-order chi connectivity index (χ0) is 56.5. The number of carbonyl (C=O) groups excluding carboxylic acids is 3. The van der Waals surface area contributed by atoms with Crippen molar-refractivity contribution in [2.45, 2.75) is 26.7 Å². The molecule has 0 aliphatic carbocycles. The number of ketones is 2. The minimum Gasteiger partial charge on any atom is -0.345 e. The number of H-pyrrole nitrogens is 1. The van der Waals surface area contributed by atoms with Crippen LogP contribution in [0.4, 0.5) is 28.9 Å². The van der Waals surface area contributed by atoms with E-state index in [1.807, 2.05) is 0 Å². The number of nitrogens with one attached hydrogen (secondary N) is 1.